The maximum atomic E-state index is 12.2. The Hall–Kier alpha value is -1.35. The van der Waals surface area contributed by atoms with Crippen LogP contribution in [0.4, 0.5) is 0 Å². The van der Waals surface area contributed by atoms with E-state index < -0.39 is 6.10 Å². The molecule has 116 valence electrons. The first-order valence-corrected chi connectivity index (χ1v) is 7.87. The fraction of sp³-hybridized carbons (Fsp3) is 0.611. The van der Waals surface area contributed by atoms with Gasteiger partial charge < -0.3 is 10.0 Å². The first-order chi connectivity index (χ1) is 9.87. The lowest BCUT2D eigenvalue weighted by Gasteiger charge is -2.35. The first kappa shape index (κ1) is 16.0. The van der Waals surface area contributed by atoms with Crippen molar-refractivity contribution >= 4 is 5.91 Å². The number of aliphatic hydroxyl groups is 1. The maximum absolute atomic E-state index is 12.2. The molecule has 3 nitrogen and oxygen atoms in total. The van der Waals surface area contributed by atoms with Gasteiger partial charge in [0.1, 0.15) is 0 Å². The van der Waals surface area contributed by atoms with Gasteiger partial charge in [-0.15, -0.1) is 0 Å². The van der Waals surface area contributed by atoms with E-state index >= 15 is 0 Å². The summed E-state index contributed by atoms with van der Waals surface area (Å²) in [5.74, 6) is 0.501. The number of likely N-dealkylation sites (tertiary alicyclic amines) is 1. The number of amides is 1. The van der Waals surface area contributed by atoms with Gasteiger partial charge >= 0.3 is 0 Å². The highest BCUT2D eigenvalue weighted by Crippen LogP contribution is 2.31. The van der Waals surface area contributed by atoms with E-state index in [1.165, 1.54) is 0 Å². The van der Waals surface area contributed by atoms with E-state index in [1.54, 1.807) is 0 Å². The molecule has 0 radical (unpaired) electrons. The second-order valence-electron chi connectivity index (χ2n) is 7.31. The van der Waals surface area contributed by atoms with Gasteiger partial charge in [-0.3, -0.25) is 4.79 Å². The number of aliphatic hydroxyl groups excluding tert-OH is 1. The van der Waals surface area contributed by atoms with E-state index in [4.69, 9.17) is 0 Å². The summed E-state index contributed by atoms with van der Waals surface area (Å²) < 4.78 is 0. The number of hydrogen-bond donors (Lipinski definition) is 1. The Morgan fingerprint density at radius 1 is 1.24 bits per heavy atom. The molecule has 1 aromatic carbocycles. The molecule has 0 bridgehead atoms. The van der Waals surface area contributed by atoms with Crippen LogP contribution in [-0.2, 0) is 4.79 Å². The maximum Gasteiger partial charge on any atom is 0.223 e. The zero-order chi connectivity index (χ0) is 15.5. The highest BCUT2D eigenvalue weighted by Gasteiger charge is 2.29. The fourth-order valence-electron chi connectivity index (χ4n) is 2.95. The molecular weight excluding hydrogens is 262 g/mol. The van der Waals surface area contributed by atoms with E-state index in [0.717, 1.165) is 31.5 Å². The van der Waals surface area contributed by atoms with E-state index in [-0.39, 0.29) is 17.2 Å². The van der Waals surface area contributed by atoms with Gasteiger partial charge in [0.15, 0.2) is 0 Å². The van der Waals surface area contributed by atoms with Crippen molar-refractivity contribution in [3.63, 3.8) is 0 Å². The second-order valence-corrected chi connectivity index (χ2v) is 7.31. The van der Waals surface area contributed by atoms with Crippen molar-refractivity contribution in [2.75, 3.05) is 13.1 Å². The van der Waals surface area contributed by atoms with Gasteiger partial charge in [0.25, 0.3) is 0 Å². The molecule has 0 saturated carbocycles. The van der Waals surface area contributed by atoms with Crippen molar-refractivity contribution in [2.24, 2.45) is 11.3 Å². The minimum absolute atomic E-state index is 0.0392. The number of carbonyl (C=O) groups is 1. The Morgan fingerprint density at radius 2 is 1.81 bits per heavy atom. The van der Waals surface area contributed by atoms with Crippen LogP contribution in [0.25, 0.3) is 0 Å². The van der Waals surface area contributed by atoms with Gasteiger partial charge in [0.05, 0.1) is 6.10 Å². The molecule has 1 amide bonds. The van der Waals surface area contributed by atoms with Gasteiger partial charge in [0, 0.05) is 19.5 Å². The van der Waals surface area contributed by atoms with E-state index in [0.29, 0.717) is 6.42 Å². The Morgan fingerprint density at radius 3 is 2.33 bits per heavy atom. The normalized spacial score (nSPS) is 18.6. The summed E-state index contributed by atoms with van der Waals surface area (Å²) in [6, 6.07) is 9.83. The average molecular weight is 289 g/mol. The Balaban J connectivity index is 1.87. The molecule has 1 heterocycles. The van der Waals surface area contributed by atoms with Crippen molar-refractivity contribution in [1.29, 1.82) is 0 Å². The average Bonchev–Trinajstić information content (AvgIpc) is 2.46. The molecule has 1 N–H and O–H groups in total. The minimum Gasteiger partial charge on any atom is -0.388 e. The number of benzene rings is 1. The van der Waals surface area contributed by atoms with Crippen LogP contribution in [0.1, 0.15) is 51.7 Å². The highest BCUT2D eigenvalue weighted by molar-refractivity contribution is 5.76. The van der Waals surface area contributed by atoms with Crippen LogP contribution < -0.4 is 0 Å². The third-order valence-corrected chi connectivity index (χ3v) is 4.16. The summed E-state index contributed by atoms with van der Waals surface area (Å²) in [7, 11) is 0. The zero-order valence-electron chi connectivity index (χ0n) is 13.4. The molecular formula is C18H27NO2. The van der Waals surface area contributed by atoms with Crippen LogP contribution in [0, 0.1) is 11.3 Å². The zero-order valence-corrected chi connectivity index (χ0v) is 13.4. The Bertz CT molecular complexity index is 456. The smallest absolute Gasteiger partial charge is 0.223 e. The number of piperidine rings is 1. The van der Waals surface area contributed by atoms with Crippen LogP contribution in [0.5, 0.6) is 0 Å². The lowest BCUT2D eigenvalue weighted by Crippen LogP contribution is -2.41. The molecule has 0 aliphatic carbocycles. The van der Waals surface area contributed by atoms with Crippen LogP contribution in [0.15, 0.2) is 30.3 Å². The van der Waals surface area contributed by atoms with E-state index in [1.807, 2.05) is 35.2 Å². The largest absolute Gasteiger partial charge is 0.388 e. The Kier molecular flexibility index (Phi) is 5.04. The number of hydrogen-bond acceptors (Lipinski definition) is 2. The number of rotatable bonds is 3. The van der Waals surface area contributed by atoms with Gasteiger partial charge in [-0.05, 0) is 29.7 Å². The monoisotopic (exact) mass is 289 g/mol. The molecule has 1 saturated heterocycles. The Labute approximate surface area is 128 Å². The van der Waals surface area contributed by atoms with Crippen molar-refractivity contribution in [3.05, 3.63) is 35.9 Å². The first-order valence-electron chi connectivity index (χ1n) is 7.87. The van der Waals surface area contributed by atoms with Gasteiger partial charge in [-0.1, -0.05) is 51.1 Å². The predicted molar refractivity (Wildman–Crippen MR) is 84.8 cm³/mol. The predicted octanol–water partition coefficient (Wildman–Crippen LogP) is 3.39. The van der Waals surface area contributed by atoms with Crippen molar-refractivity contribution in [3.8, 4) is 0 Å². The summed E-state index contributed by atoms with van der Waals surface area (Å²) >= 11 is 0. The third-order valence-electron chi connectivity index (χ3n) is 4.16. The lowest BCUT2D eigenvalue weighted by molar-refractivity contribution is -0.135. The summed E-state index contributed by atoms with van der Waals surface area (Å²) in [5.41, 5.74) is 1.02. The van der Waals surface area contributed by atoms with Crippen molar-refractivity contribution in [1.82, 2.24) is 4.90 Å². The molecule has 1 aliphatic heterocycles. The SMILES string of the molecule is CC(C)(C)CC(=O)N1CCC(C(O)c2ccccc2)CC1. The fourth-order valence-corrected chi connectivity index (χ4v) is 2.95. The summed E-state index contributed by atoms with van der Waals surface area (Å²) in [6.07, 6.45) is 1.95. The molecule has 2 rings (SSSR count). The van der Waals surface area contributed by atoms with Crippen LogP contribution in [0.2, 0.25) is 0 Å². The number of nitrogens with zero attached hydrogens (tertiary/aromatic N) is 1. The lowest BCUT2D eigenvalue weighted by atomic mass is 9.86. The third kappa shape index (κ3) is 4.57. The van der Waals surface area contributed by atoms with Crippen LogP contribution in [0.3, 0.4) is 0 Å². The summed E-state index contributed by atoms with van der Waals surface area (Å²) in [4.78, 5) is 14.2. The minimum atomic E-state index is -0.411. The molecule has 0 aromatic heterocycles. The van der Waals surface area contributed by atoms with Crippen LogP contribution >= 0.6 is 0 Å². The quantitative estimate of drug-likeness (QED) is 0.926. The standard InChI is InChI=1S/C18H27NO2/c1-18(2,3)13-16(20)19-11-9-15(10-12-19)17(21)14-7-5-4-6-8-14/h4-8,15,17,21H,9-13H2,1-3H3. The van der Waals surface area contributed by atoms with Gasteiger partial charge in [0.2, 0.25) is 5.91 Å². The molecule has 3 heteroatoms. The van der Waals surface area contributed by atoms with Crippen LogP contribution in [-0.4, -0.2) is 29.0 Å². The molecule has 1 fully saturated rings. The van der Waals surface area contributed by atoms with Crippen molar-refractivity contribution in [2.45, 2.75) is 46.1 Å². The molecule has 1 aromatic rings. The summed E-state index contributed by atoms with van der Waals surface area (Å²) in [5, 5.41) is 10.5. The molecule has 21 heavy (non-hydrogen) atoms. The molecule has 1 atom stereocenters. The van der Waals surface area contributed by atoms with Gasteiger partial charge in [-0.25, -0.2) is 0 Å². The summed E-state index contributed by atoms with van der Waals surface area (Å²) in [6.45, 7) is 7.82. The number of carbonyl (C=O) groups excluding carboxylic acids is 1. The van der Waals surface area contributed by atoms with E-state index in [9.17, 15) is 9.90 Å². The second kappa shape index (κ2) is 6.61. The molecule has 0 spiro atoms. The highest BCUT2D eigenvalue weighted by atomic mass is 16.3. The van der Waals surface area contributed by atoms with E-state index in [2.05, 4.69) is 20.8 Å². The molecule has 1 aliphatic rings. The van der Waals surface area contributed by atoms with Crippen molar-refractivity contribution < 1.29 is 9.90 Å². The topological polar surface area (TPSA) is 40.5 Å². The van der Waals surface area contributed by atoms with Gasteiger partial charge in [-0.2, -0.15) is 0 Å². The molecule has 1 unspecified atom stereocenters.